The minimum atomic E-state index is -1.36. The van der Waals surface area contributed by atoms with Crippen LogP contribution < -0.4 is 21.3 Å². The quantitative estimate of drug-likeness (QED) is 0.301. The number of ether oxygens (including phenoxy) is 6. The van der Waals surface area contributed by atoms with Crippen molar-refractivity contribution in [2.24, 2.45) is 0 Å². The van der Waals surface area contributed by atoms with Gasteiger partial charge in [0, 0.05) is 11.5 Å². The molecule has 0 aromatic heterocycles. The lowest BCUT2D eigenvalue weighted by molar-refractivity contribution is -0.173. The number of amides is 6. The van der Waals surface area contributed by atoms with Crippen LogP contribution in [0.4, 0.5) is 0 Å². The Morgan fingerprint density at radius 2 is 0.952 bits per heavy atom. The molecule has 6 amide bonds. The van der Waals surface area contributed by atoms with E-state index in [1.54, 1.807) is 27.7 Å². The van der Waals surface area contributed by atoms with E-state index in [2.05, 4.69) is 21.3 Å². The Balaban J connectivity index is 1.04. The molecule has 0 aliphatic carbocycles. The highest BCUT2D eigenvalue weighted by Crippen LogP contribution is 2.46. The second-order valence-corrected chi connectivity index (χ2v) is 19.4. The lowest BCUT2D eigenvalue weighted by Crippen LogP contribution is -2.62. The summed E-state index contributed by atoms with van der Waals surface area (Å²) >= 11 is 2.63. The molecule has 7 aliphatic rings. The van der Waals surface area contributed by atoms with Gasteiger partial charge in [-0.3, -0.25) is 28.8 Å². The number of nitrogens with zero attached hydrogens (tertiary/aromatic N) is 2. The summed E-state index contributed by atoms with van der Waals surface area (Å²) in [6.45, 7) is 6.00. The molecule has 2 aromatic rings. The van der Waals surface area contributed by atoms with Crippen LogP contribution in [0.2, 0.25) is 0 Å². The second-order valence-electron chi connectivity index (χ2n) is 17.1. The molecule has 7 heterocycles. The van der Waals surface area contributed by atoms with Crippen LogP contribution in [-0.4, -0.2) is 153 Å². The summed E-state index contributed by atoms with van der Waals surface area (Å²) < 4.78 is 38.7. The van der Waals surface area contributed by atoms with Gasteiger partial charge in [-0.25, -0.2) is 0 Å². The summed E-state index contributed by atoms with van der Waals surface area (Å²) in [6.07, 6.45) is -5.49. The Morgan fingerprint density at radius 3 is 1.34 bits per heavy atom. The number of carbonyl (C=O) groups excluding carboxylic acids is 6. The summed E-state index contributed by atoms with van der Waals surface area (Å²) in [5.74, 6) is -5.98. The highest BCUT2D eigenvalue weighted by Gasteiger charge is 2.63. The molecule has 0 radical (unpaired) electrons. The number of benzene rings is 2. The molecule has 0 spiro atoms. The number of fused-ring (bicyclic) bond motifs is 6. The van der Waals surface area contributed by atoms with E-state index < -0.39 is 132 Å². The lowest BCUT2D eigenvalue weighted by atomic mass is 10.0. The molecular weight excluding hydrogens is 845 g/mol. The molecule has 4 N–H and O–H groups in total. The van der Waals surface area contributed by atoms with Crippen molar-refractivity contribution < 1.29 is 57.2 Å². The van der Waals surface area contributed by atoms with Crippen molar-refractivity contribution in [3.63, 3.8) is 0 Å². The maximum Gasteiger partial charge on any atom is 0.249 e. The number of thioether (sulfide) groups is 2. The molecule has 9 rings (SSSR count). The first-order valence-corrected chi connectivity index (χ1v) is 22.8. The first-order valence-electron chi connectivity index (χ1n) is 20.7. The van der Waals surface area contributed by atoms with Crippen molar-refractivity contribution in [1.82, 2.24) is 31.1 Å². The standard InChI is InChI=1S/C42H50N6O12S2/c1-41(2)57-29-27-37(53)47-23(19-61-39(47)33(31(29)59-41)55-17-21-11-7-5-8-12-21)35(51)44-16-26(50)46-28-30-32(60-42(3,4)58-30)34(56-18-22-13-9-6-10-14-22)40-48(38(28)54)24(20-62-40)36(52)43-15-25(49)45-27/h5-14,23-24,27-34,39-40H,15-20H2,1-4H3,(H,43,52)(H,44,51)(H,45,49)(H,46,50)/t23-,24-,27+,28+,29+,30+,31-,32-,33-,34-,39-,40-/m0/s1. The molecule has 18 nitrogen and oxygen atoms in total. The van der Waals surface area contributed by atoms with Crippen LogP contribution in [0.5, 0.6) is 0 Å². The van der Waals surface area contributed by atoms with E-state index in [0.717, 1.165) is 11.1 Å². The van der Waals surface area contributed by atoms with Gasteiger partial charge in [0.15, 0.2) is 11.6 Å². The van der Waals surface area contributed by atoms with Crippen molar-refractivity contribution in [3.05, 3.63) is 71.8 Å². The first-order chi connectivity index (χ1) is 29.7. The van der Waals surface area contributed by atoms with Gasteiger partial charge >= 0.3 is 0 Å². The zero-order valence-corrected chi connectivity index (χ0v) is 36.2. The Labute approximate surface area is 366 Å². The number of carbonyl (C=O) groups is 6. The lowest BCUT2D eigenvalue weighted by Gasteiger charge is -2.34. The van der Waals surface area contributed by atoms with E-state index in [0.29, 0.717) is 0 Å². The molecule has 20 heteroatoms. The Morgan fingerprint density at radius 1 is 0.581 bits per heavy atom. The van der Waals surface area contributed by atoms with Crippen LogP contribution in [0.25, 0.3) is 0 Å². The van der Waals surface area contributed by atoms with E-state index >= 15 is 0 Å². The van der Waals surface area contributed by atoms with Gasteiger partial charge < -0.3 is 59.5 Å². The van der Waals surface area contributed by atoms with Crippen LogP contribution in [-0.2, 0) is 70.4 Å². The van der Waals surface area contributed by atoms with Crippen LogP contribution in [0, 0.1) is 0 Å². The fourth-order valence-corrected chi connectivity index (χ4v) is 12.4. The summed E-state index contributed by atoms with van der Waals surface area (Å²) in [6, 6.07) is 14.0. The average molecular weight is 895 g/mol. The fourth-order valence-electron chi connectivity index (χ4n) is 9.30. The zero-order valence-electron chi connectivity index (χ0n) is 34.6. The third kappa shape index (κ3) is 8.31. The van der Waals surface area contributed by atoms with Crippen LogP contribution in [0.1, 0.15) is 38.8 Å². The number of rotatable bonds is 6. The molecule has 62 heavy (non-hydrogen) atoms. The zero-order chi connectivity index (χ0) is 43.5. The third-order valence-electron chi connectivity index (χ3n) is 12.0. The minimum absolute atomic E-state index is 0.137. The normalized spacial score (nSPS) is 36.6. The Hall–Kier alpha value is -4.28. The highest BCUT2D eigenvalue weighted by molar-refractivity contribution is 8.00. The maximum atomic E-state index is 14.8. The molecule has 0 saturated carbocycles. The van der Waals surface area contributed by atoms with Gasteiger partial charge in [-0.1, -0.05) is 60.7 Å². The molecule has 7 fully saturated rings. The molecule has 4 bridgehead atoms. The Kier molecular flexibility index (Phi) is 11.8. The predicted octanol–water partition coefficient (Wildman–Crippen LogP) is -0.0196. The molecule has 332 valence electrons. The molecule has 7 aliphatic heterocycles. The number of hydrogen-bond acceptors (Lipinski definition) is 14. The van der Waals surface area contributed by atoms with Gasteiger partial charge in [-0.15, -0.1) is 23.5 Å². The van der Waals surface area contributed by atoms with Crippen molar-refractivity contribution in [1.29, 1.82) is 0 Å². The van der Waals surface area contributed by atoms with E-state index in [-0.39, 0.29) is 24.7 Å². The van der Waals surface area contributed by atoms with Crippen molar-refractivity contribution in [2.75, 3.05) is 24.6 Å². The smallest absolute Gasteiger partial charge is 0.249 e. The van der Waals surface area contributed by atoms with Crippen LogP contribution >= 0.6 is 23.5 Å². The number of nitrogens with one attached hydrogen (secondary N) is 4. The number of hydrogen-bond donors (Lipinski definition) is 4. The van der Waals surface area contributed by atoms with E-state index in [9.17, 15) is 28.8 Å². The molecule has 12 atom stereocenters. The van der Waals surface area contributed by atoms with Gasteiger partial charge in [-0.2, -0.15) is 0 Å². The predicted molar refractivity (Wildman–Crippen MR) is 221 cm³/mol. The maximum absolute atomic E-state index is 14.8. The van der Waals surface area contributed by atoms with Crippen LogP contribution in [0.15, 0.2) is 60.7 Å². The summed E-state index contributed by atoms with van der Waals surface area (Å²) in [5.41, 5.74) is 1.74. The second kappa shape index (κ2) is 17.0. The summed E-state index contributed by atoms with van der Waals surface area (Å²) in [7, 11) is 0. The fraction of sp³-hybridized carbons (Fsp3) is 0.571. The van der Waals surface area contributed by atoms with Gasteiger partial charge in [0.05, 0.1) is 26.3 Å². The topological polar surface area (TPSA) is 212 Å². The first kappa shape index (κ1) is 43.0. The average Bonchev–Trinajstić information content (AvgIpc) is 4.01. The van der Waals surface area contributed by atoms with E-state index in [4.69, 9.17) is 28.4 Å². The Bertz CT molecular complexity index is 1940. The largest absolute Gasteiger partial charge is 0.368 e. The molecule has 0 unspecified atom stereocenters. The van der Waals surface area contributed by atoms with Gasteiger partial charge in [0.1, 0.15) is 71.5 Å². The van der Waals surface area contributed by atoms with E-state index in [1.807, 2.05) is 60.7 Å². The SMILES string of the molecule is CC1(C)O[C@H]2[C@H](O1)[C@H]1NC(=O)CNC(=O)[C@@H]3CS[C@H]4[C@@H](OCc5ccccc5)[C@H]5OC(C)(C)O[C@@H]5[C@@H](NC(=O)CNC(=O)[C@@H]5CS[C@@H]([C@H]2OCc2ccccc2)N5C1=O)C(=O)N34. The van der Waals surface area contributed by atoms with Gasteiger partial charge in [0.2, 0.25) is 35.4 Å². The van der Waals surface area contributed by atoms with Crippen molar-refractivity contribution in [3.8, 4) is 0 Å². The van der Waals surface area contributed by atoms with Crippen molar-refractivity contribution in [2.45, 2.75) is 124 Å². The van der Waals surface area contributed by atoms with Crippen LogP contribution in [0.3, 0.4) is 0 Å². The summed E-state index contributed by atoms with van der Waals surface area (Å²) in [4.78, 5) is 88.5. The van der Waals surface area contributed by atoms with Crippen molar-refractivity contribution >= 4 is 59.0 Å². The molecular formula is C42H50N6O12S2. The molecule has 2 aromatic carbocycles. The van der Waals surface area contributed by atoms with E-state index in [1.165, 1.54) is 33.3 Å². The van der Waals surface area contributed by atoms with Gasteiger partial charge in [0.25, 0.3) is 0 Å². The monoisotopic (exact) mass is 894 g/mol. The minimum Gasteiger partial charge on any atom is -0.368 e. The summed E-state index contributed by atoms with van der Waals surface area (Å²) in [5, 5.41) is 9.42. The van der Waals surface area contributed by atoms with Gasteiger partial charge in [-0.05, 0) is 38.8 Å². The molecule has 7 saturated heterocycles. The third-order valence-corrected chi connectivity index (χ3v) is 14.6. The highest BCUT2D eigenvalue weighted by atomic mass is 32.2.